The van der Waals surface area contributed by atoms with Crippen molar-refractivity contribution in [3.63, 3.8) is 0 Å². The van der Waals surface area contributed by atoms with Crippen LogP contribution in [0.25, 0.3) is 11.0 Å². The Morgan fingerprint density at radius 3 is 2.19 bits per heavy atom. The molecule has 4 rings (SSSR count). The summed E-state index contributed by atoms with van der Waals surface area (Å²) < 4.78 is 28.3. The van der Waals surface area contributed by atoms with Gasteiger partial charge in [-0.05, 0) is 48.5 Å². The molecule has 10 nitrogen and oxygen atoms in total. The van der Waals surface area contributed by atoms with E-state index in [9.17, 15) is 23.6 Å². The van der Waals surface area contributed by atoms with Crippen molar-refractivity contribution in [1.82, 2.24) is 9.97 Å². The standard InChI is InChI=1S/C20H14ClN5O5S/c21-15-10-9-14(11-18(15)26(28)29)32(30,31)25-20-19(22-12-5-7-13(27)8-6-12)23-16-3-1-2-4-17(16)24-20/h1-11,27H,(H,22,23)(H,24,25). The Hall–Kier alpha value is -3.96. The number of aromatic nitrogens is 2. The second-order valence-electron chi connectivity index (χ2n) is 6.56. The van der Waals surface area contributed by atoms with Crippen molar-refractivity contribution in [3.05, 3.63) is 81.9 Å². The zero-order chi connectivity index (χ0) is 22.9. The zero-order valence-electron chi connectivity index (χ0n) is 16.1. The maximum absolute atomic E-state index is 13.0. The highest BCUT2D eigenvalue weighted by Crippen LogP contribution is 2.30. The lowest BCUT2D eigenvalue weighted by atomic mass is 10.3. The summed E-state index contributed by atoms with van der Waals surface area (Å²) >= 11 is 5.79. The van der Waals surface area contributed by atoms with Crippen molar-refractivity contribution in [2.24, 2.45) is 0 Å². The lowest BCUT2D eigenvalue weighted by molar-refractivity contribution is -0.384. The molecule has 0 unspecified atom stereocenters. The molecule has 3 N–H and O–H groups in total. The van der Waals surface area contributed by atoms with E-state index in [2.05, 4.69) is 20.0 Å². The van der Waals surface area contributed by atoms with Crippen LogP contribution in [-0.4, -0.2) is 28.4 Å². The number of fused-ring (bicyclic) bond motifs is 1. The molecule has 0 saturated carbocycles. The van der Waals surface area contributed by atoms with Gasteiger partial charge in [0.25, 0.3) is 15.7 Å². The molecule has 1 aromatic heterocycles. The smallest absolute Gasteiger partial charge is 0.289 e. The quantitative estimate of drug-likeness (QED) is 0.212. The molecule has 0 bridgehead atoms. The van der Waals surface area contributed by atoms with E-state index in [1.807, 2.05) is 0 Å². The molecule has 0 saturated heterocycles. The molecule has 3 aromatic carbocycles. The minimum Gasteiger partial charge on any atom is -0.508 e. The normalized spacial score (nSPS) is 11.3. The van der Waals surface area contributed by atoms with Crippen LogP contribution in [0.1, 0.15) is 0 Å². The lowest BCUT2D eigenvalue weighted by Crippen LogP contribution is -2.16. The van der Waals surface area contributed by atoms with Crippen molar-refractivity contribution in [2.45, 2.75) is 4.90 Å². The molecule has 0 amide bonds. The second kappa shape index (κ2) is 8.29. The third kappa shape index (κ3) is 4.38. The van der Waals surface area contributed by atoms with E-state index >= 15 is 0 Å². The molecule has 162 valence electrons. The number of nitro benzene ring substituents is 1. The van der Waals surface area contributed by atoms with Crippen LogP contribution in [0.5, 0.6) is 5.75 Å². The Morgan fingerprint density at radius 2 is 1.56 bits per heavy atom. The van der Waals surface area contributed by atoms with Crippen molar-refractivity contribution in [1.29, 1.82) is 0 Å². The summed E-state index contributed by atoms with van der Waals surface area (Å²) in [5.41, 5.74) is 0.930. The largest absolute Gasteiger partial charge is 0.508 e. The van der Waals surface area contributed by atoms with Crippen molar-refractivity contribution >= 4 is 55.7 Å². The van der Waals surface area contributed by atoms with Crippen molar-refractivity contribution in [3.8, 4) is 5.75 Å². The number of benzene rings is 3. The summed E-state index contributed by atoms with van der Waals surface area (Å²) in [6.07, 6.45) is 0. The second-order valence-corrected chi connectivity index (χ2v) is 8.65. The Bertz CT molecular complexity index is 1440. The van der Waals surface area contributed by atoms with E-state index in [1.165, 1.54) is 12.1 Å². The summed E-state index contributed by atoms with van der Waals surface area (Å²) in [4.78, 5) is 18.8. The number of hydrogen-bond acceptors (Lipinski definition) is 8. The Morgan fingerprint density at radius 1 is 0.938 bits per heavy atom. The van der Waals surface area contributed by atoms with E-state index in [1.54, 1.807) is 36.4 Å². The van der Waals surface area contributed by atoms with E-state index in [0.717, 1.165) is 18.2 Å². The van der Waals surface area contributed by atoms with Crippen LogP contribution in [0.4, 0.5) is 23.0 Å². The average molecular weight is 472 g/mol. The van der Waals surface area contributed by atoms with Crippen LogP contribution in [0.3, 0.4) is 0 Å². The van der Waals surface area contributed by atoms with E-state index in [4.69, 9.17) is 11.6 Å². The van der Waals surface area contributed by atoms with E-state index in [0.29, 0.717) is 16.7 Å². The molecular weight excluding hydrogens is 458 g/mol. The summed E-state index contributed by atoms with van der Waals surface area (Å²) in [7, 11) is -4.27. The Kier molecular flexibility index (Phi) is 5.51. The molecule has 32 heavy (non-hydrogen) atoms. The number of anilines is 3. The average Bonchev–Trinajstić information content (AvgIpc) is 2.75. The maximum Gasteiger partial charge on any atom is 0.289 e. The summed E-state index contributed by atoms with van der Waals surface area (Å²) in [6, 6.07) is 16.1. The molecule has 0 spiro atoms. The molecule has 1 heterocycles. The predicted molar refractivity (Wildman–Crippen MR) is 120 cm³/mol. The molecule has 0 aliphatic heterocycles. The molecule has 0 atom stereocenters. The number of nitrogens with zero attached hydrogens (tertiary/aromatic N) is 3. The van der Waals surface area contributed by atoms with Gasteiger partial charge in [-0.1, -0.05) is 23.7 Å². The lowest BCUT2D eigenvalue weighted by Gasteiger charge is -2.14. The first-order valence-corrected chi connectivity index (χ1v) is 10.9. The van der Waals surface area contributed by atoms with Gasteiger partial charge in [0, 0.05) is 11.8 Å². The highest BCUT2D eigenvalue weighted by atomic mass is 35.5. The summed E-state index contributed by atoms with van der Waals surface area (Å²) in [6.45, 7) is 0. The molecule has 0 fully saturated rings. The predicted octanol–water partition coefficient (Wildman–Crippen LogP) is 4.44. The van der Waals surface area contributed by atoms with Crippen LogP contribution >= 0.6 is 11.6 Å². The van der Waals surface area contributed by atoms with E-state index < -0.39 is 20.6 Å². The summed E-state index contributed by atoms with van der Waals surface area (Å²) in [5, 5.41) is 23.4. The number of phenolic OH excluding ortho intramolecular Hbond substituents is 1. The zero-order valence-corrected chi connectivity index (χ0v) is 17.6. The minimum absolute atomic E-state index is 0.0606. The van der Waals surface area contributed by atoms with Crippen LogP contribution in [0, 0.1) is 10.1 Å². The van der Waals surface area contributed by atoms with Crippen LogP contribution in [0.15, 0.2) is 71.6 Å². The molecule has 0 aliphatic carbocycles. The first-order chi connectivity index (χ1) is 15.2. The van der Waals surface area contributed by atoms with Gasteiger partial charge in [0.15, 0.2) is 11.6 Å². The van der Waals surface area contributed by atoms with Gasteiger partial charge >= 0.3 is 0 Å². The van der Waals surface area contributed by atoms with Gasteiger partial charge in [-0.25, -0.2) is 18.4 Å². The molecule has 0 radical (unpaired) electrons. The van der Waals surface area contributed by atoms with Gasteiger partial charge in [0.1, 0.15) is 10.8 Å². The van der Waals surface area contributed by atoms with Gasteiger partial charge in [0.2, 0.25) is 0 Å². The molecule has 4 aromatic rings. The number of nitrogens with one attached hydrogen (secondary N) is 2. The number of halogens is 1. The number of sulfonamides is 1. The third-order valence-electron chi connectivity index (χ3n) is 4.36. The molecule has 0 aliphatic rings. The molecular formula is C20H14ClN5O5S. The minimum atomic E-state index is -4.27. The fraction of sp³-hybridized carbons (Fsp3) is 0. The van der Waals surface area contributed by atoms with Gasteiger partial charge in [-0.15, -0.1) is 0 Å². The van der Waals surface area contributed by atoms with Gasteiger partial charge in [-0.2, -0.15) is 0 Å². The highest BCUT2D eigenvalue weighted by molar-refractivity contribution is 7.92. The SMILES string of the molecule is O=[N+]([O-])c1cc(S(=O)(=O)Nc2nc3ccccc3nc2Nc2ccc(O)cc2)ccc1Cl. The number of phenols is 1. The van der Waals surface area contributed by atoms with Gasteiger partial charge in [0.05, 0.1) is 20.9 Å². The van der Waals surface area contributed by atoms with Gasteiger partial charge < -0.3 is 10.4 Å². The van der Waals surface area contributed by atoms with E-state index in [-0.39, 0.29) is 27.3 Å². The highest BCUT2D eigenvalue weighted by Gasteiger charge is 2.23. The first kappa shape index (κ1) is 21.3. The first-order valence-electron chi connectivity index (χ1n) is 9.02. The van der Waals surface area contributed by atoms with Crippen LogP contribution in [-0.2, 0) is 10.0 Å². The Labute approximate surface area is 186 Å². The number of nitro groups is 1. The van der Waals surface area contributed by atoms with Gasteiger partial charge in [-0.3, -0.25) is 14.8 Å². The topological polar surface area (TPSA) is 147 Å². The van der Waals surface area contributed by atoms with Crippen LogP contribution < -0.4 is 10.0 Å². The number of rotatable bonds is 6. The monoisotopic (exact) mass is 471 g/mol. The van der Waals surface area contributed by atoms with Crippen molar-refractivity contribution < 1.29 is 18.4 Å². The fourth-order valence-corrected chi connectivity index (χ4v) is 4.04. The Balaban J connectivity index is 1.78. The number of hydrogen-bond donors (Lipinski definition) is 3. The van der Waals surface area contributed by atoms with Crippen LogP contribution in [0.2, 0.25) is 5.02 Å². The summed E-state index contributed by atoms with van der Waals surface area (Å²) in [5.74, 6) is 0.0428. The number of para-hydroxylation sites is 2. The fourth-order valence-electron chi connectivity index (χ4n) is 2.83. The third-order valence-corrected chi connectivity index (χ3v) is 6.01. The number of aromatic hydroxyl groups is 1. The maximum atomic E-state index is 13.0. The molecule has 12 heteroatoms. The van der Waals surface area contributed by atoms with Crippen molar-refractivity contribution in [2.75, 3.05) is 10.0 Å².